The highest BCUT2D eigenvalue weighted by atomic mass is 14.7. The number of hydrogen-bond acceptors (Lipinski definition) is 2. The number of nitrogens with zero attached hydrogens (tertiary/aromatic N) is 1. The first-order valence-electron chi connectivity index (χ1n) is 5.57. The van der Waals surface area contributed by atoms with Gasteiger partial charge in [0, 0.05) is 23.9 Å². The van der Waals surface area contributed by atoms with Gasteiger partial charge >= 0.3 is 0 Å². The van der Waals surface area contributed by atoms with Crippen molar-refractivity contribution in [2.24, 2.45) is 22.7 Å². The van der Waals surface area contributed by atoms with E-state index in [0.717, 1.165) is 30.3 Å². The lowest BCUT2D eigenvalue weighted by molar-refractivity contribution is 0.281. The summed E-state index contributed by atoms with van der Waals surface area (Å²) < 4.78 is 0. The van der Waals surface area contributed by atoms with E-state index in [2.05, 4.69) is 18.8 Å². The molecule has 0 amide bonds. The highest BCUT2D eigenvalue weighted by molar-refractivity contribution is 5.85. The molecule has 3 atom stereocenters. The topological polar surface area (TPSA) is 36.2 Å². The number of aliphatic imine (C=N–C) groups is 1. The summed E-state index contributed by atoms with van der Waals surface area (Å²) in [6.07, 6.45) is 2.17. The lowest BCUT2D eigenvalue weighted by atomic mass is 9.73. The molecule has 0 bridgehead atoms. The van der Waals surface area contributed by atoms with Crippen LogP contribution in [0.1, 0.15) is 40.5 Å². The van der Waals surface area contributed by atoms with E-state index in [9.17, 15) is 0 Å². The molecule has 0 saturated heterocycles. The Morgan fingerprint density at radius 3 is 2.64 bits per heavy atom. The highest BCUT2D eigenvalue weighted by Gasteiger charge is 2.30. The van der Waals surface area contributed by atoms with Crippen molar-refractivity contribution < 1.29 is 0 Å². The molecule has 0 aliphatic heterocycles. The maximum atomic E-state index is 7.94. The molecule has 2 nitrogen and oxygen atoms in total. The zero-order valence-electron chi connectivity index (χ0n) is 9.80. The van der Waals surface area contributed by atoms with Crippen LogP contribution in [-0.4, -0.2) is 18.0 Å². The van der Waals surface area contributed by atoms with Gasteiger partial charge < -0.3 is 5.41 Å². The lowest BCUT2D eigenvalue weighted by Crippen LogP contribution is -2.33. The van der Waals surface area contributed by atoms with E-state index in [1.807, 2.05) is 13.8 Å². The van der Waals surface area contributed by atoms with Crippen molar-refractivity contribution in [1.82, 2.24) is 0 Å². The molecule has 2 heteroatoms. The number of rotatable bonds is 2. The van der Waals surface area contributed by atoms with E-state index in [0.29, 0.717) is 11.8 Å². The van der Waals surface area contributed by atoms with E-state index in [1.54, 1.807) is 0 Å². The molecule has 1 aliphatic rings. The van der Waals surface area contributed by atoms with Crippen LogP contribution in [0.2, 0.25) is 0 Å². The fourth-order valence-corrected chi connectivity index (χ4v) is 2.10. The Morgan fingerprint density at radius 2 is 2.07 bits per heavy atom. The Kier molecular flexibility index (Phi) is 3.85. The minimum atomic E-state index is 0.397. The minimum Gasteiger partial charge on any atom is -0.309 e. The Balaban J connectivity index is 2.63. The third-order valence-corrected chi connectivity index (χ3v) is 3.45. The summed E-state index contributed by atoms with van der Waals surface area (Å²) in [6.45, 7) is 9.45. The molecule has 0 aromatic carbocycles. The molecule has 0 aromatic heterocycles. The van der Waals surface area contributed by atoms with E-state index in [4.69, 9.17) is 5.41 Å². The van der Waals surface area contributed by atoms with Crippen molar-refractivity contribution in [3.63, 3.8) is 0 Å². The minimum absolute atomic E-state index is 0.397. The smallest absolute Gasteiger partial charge is 0.0471 e. The van der Waals surface area contributed by atoms with E-state index >= 15 is 0 Å². The molecule has 1 saturated carbocycles. The van der Waals surface area contributed by atoms with E-state index in [-0.39, 0.29) is 0 Å². The third kappa shape index (κ3) is 2.66. The summed E-state index contributed by atoms with van der Waals surface area (Å²) in [5, 5.41) is 7.94. The second-order valence-electron chi connectivity index (χ2n) is 4.79. The van der Waals surface area contributed by atoms with Gasteiger partial charge in [-0.1, -0.05) is 13.8 Å². The standard InChI is InChI=1S/C12H22N2/c1-8(2)14-7-11-10(4)9(3)5-6-12(11)13/h9-11,13H,5-7H2,1-4H3. The molecule has 0 aromatic rings. The molecule has 14 heavy (non-hydrogen) atoms. The van der Waals surface area contributed by atoms with Gasteiger partial charge in [0.2, 0.25) is 0 Å². The van der Waals surface area contributed by atoms with Crippen LogP contribution < -0.4 is 0 Å². The summed E-state index contributed by atoms with van der Waals surface area (Å²) in [4.78, 5) is 4.46. The summed E-state index contributed by atoms with van der Waals surface area (Å²) >= 11 is 0. The van der Waals surface area contributed by atoms with Crippen LogP contribution in [-0.2, 0) is 0 Å². The van der Waals surface area contributed by atoms with Crippen LogP contribution in [0.5, 0.6) is 0 Å². The predicted octanol–water partition coefficient (Wildman–Crippen LogP) is 3.17. The SMILES string of the molecule is CC(C)=NCC1C(=N)CCC(C)C1C. The van der Waals surface area contributed by atoms with Crippen LogP contribution in [0, 0.1) is 23.2 Å². The molecule has 1 aliphatic carbocycles. The largest absolute Gasteiger partial charge is 0.309 e. The second kappa shape index (κ2) is 4.72. The van der Waals surface area contributed by atoms with Gasteiger partial charge in [0.05, 0.1) is 0 Å². The zero-order chi connectivity index (χ0) is 10.7. The van der Waals surface area contributed by atoms with E-state index in [1.165, 1.54) is 6.42 Å². The normalized spacial score (nSPS) is 32.9. The average Bonchev–Trinajstić information content (AvgIpc) is 2.11. The number of nitrogens with one attached hydrogen (secondary N) is 1. The maximum Gasteiger partial charge on any atom is 0.0471 e. The van der Waals surface area contributed by atoms with Gasteiger partial charge in [-0.25, -0.2) is 0 Å². The molecule has 3 unspecified atom stereocenters. The molecule has 1 fully saturated rings. The van der Waals surface area contributed by atoms with Crippen molar-refractivity contribution >= 4 is 11.4 Å². The van der Waals surface area contributed by atoms with Crippen molar-refractivity contribution in [3.8, 4) is 0 Å². The van der Waals surface area contributed by atoms with Crippen LogP contribution in [0.3, 0.4) is 0 Å². The Labute approximate surface area is 87.3 Å². The predicted molar refractivity (Wildman–Crippen MR) is 62.4 cm³/mol. The summed E-state index contributed by atoms with van der Waals surface area (Å²) in [6, 6.07) is 0. The maximum absolute atomic E-state index is 7.94. The van der Waals surface area contributed by atoms with Crippen molar-refractivity contribution in [2.45, 2.75) is 40.5 Å². The average molecular weight is 194 g/mol. The lowest BCUT2D eigenvalue weighted by Gasteiger charge is -2.33. The van der Waals surface area contributed by atoms with Gasteiger partial charge in [0.15, 0.2) is 0 Å². The Hall–Kier alpha value is -0.660. The molecule has 1 N–H and O–H groups in total. The first kappa shape index (κ1) is 11.4. The van der Waals surface area contributed by atoms with Crippen molar-refractivity contribution in [1.29, 1.82) is 5.41 Å². The van der Waals surface area contributed by atoms with Gasteiger partial charge in [0.25, 0.3) is 0 Å². The Morgan fingerprint density at radius 1 is 1.43 bits per heavy atom. The summed E-state index contributed by atoms with van der Waals surface area (Å²) in [5.41, 5.74) is 2.05. The zero-order valence-corrected chi connectivity index (χ0v) is 9.80. The third-order valence-electron chi connectivity index (χ3n) is 3.45. The molecule has 1 rings (SSSR count). The van der Waals surface area contributed by atoms with Gasteiger partial charge in [-0.2, -0.15) is 0 Å². The van der Waals surface area contributed by atoms with Crippen molar-refractivity contribution in [2.75, 3.05) is 6.54 Å². The van der Waals surface area contributed by atoms with Gasteiger partial charge in [0.1, 0.15) is 0 Å². The first-order valence-corrected chi connectivity index (χ1v) is 5.57. The summed E-state index contributed by atoms with van der Waals surface area (Å²) in [5.74, 6) is 1.77. The fraction of sp³-hybridized carbons (Fsp3) is 0.833. The highest BCUT2D eigenvalue weighted by Crippen LogP contribution is 2.32. The molecular weight excluding hydrogens is 172 g/mol. The molecule has 0 heterocycles. The van der Waals surface area contributed by atoms with Gasteiger partial charge in [-0.05, 0) is 38.5 Å². The first-order chi connectivity index (χ1) is 6.52. The molecule has 80 valence electrons. The van der Waals surface area contributed by atoms with Crippen LogP contribution in [0.4, 0.5) is 0 Å². The fourth-order valence-electron chi connectivity index (χ4n) is 2.10. The Bertz CT molecular complexity index is 239. The van der Waals surface area contributed by atoms with Crippen LogP contribution >= 0.6 is 0 Å². The van der Waals surface area contributed by atoms with E-state index < -0.39 is 0 Å². The monoisotopic (exact) mass is 194 g/mol. The van der Waals surface area contributed by atoms with Gasteiger partial charge in [-0.15, -0.1) is 0 Å². The quantitative estimate of drug-likeness (QED) is 0.656. The molecular formula is C12H22N2. The molecule has 0 radical (unpaired) electrons. The number of hydrogen-bond donors (Lipinski definition) is 1. The summed E-state index contributed by atoms with van der Waals surface area (Å²) in [7, 11) is 0. The molecule has 0 spiro atoms. The van der Waals surface area contributed by atoms with Crippen LogP contribution in [0.25, 0.3) is 0 Å². The second-order valence-corrected chi connectivity index (χ2v) is 4.79. The van der Waals surface area contributed by atoms with Crippen molar-refractivity contribution in [3.05, 3.63) is 0 Å². The van der Waals surface area contributed by atoms with Gasteiger partial charge in [-0.3, -0.25) is 4.99 Å². The van der Waals surface area contributed by atoms with Crippen LogP contribution in [0.15, 0.2) is 4.99 Å².